The van der Waals surface area contributed by atoms with E-state index >= 15 is 8.78 Å². The van der Waals surface area contributed by atoms with Crippen molar-refractivity contribution in [2.75, 3.05) is 7.05 Å². The normalized spacial score (nSPS) is 26.8. The summed E-state index contributed by atoms with van der Waals surface area (Å²) in [6.45, 7) is 5.99. The Morgan fingerprint density at radius 2 is 1.87 bits per heavy atom. The van der Waals surface area contributed by atoms with E-state index in [4.69, 9.17) is 28.9 Å². The Morgan fingerprint density at radius 1 is 1.21 bits per heavy atom. The van der Waals surface area contributed by atoms with Crippen LogP contribution in [0.4, 0.5) is 8.78 Å². The predicted octanol–water partition coefficient (Wildman–Crippen LogP) is 5.31. The van der Waals surface area contributed by atoms with Crippen molar-refractivity contribution in [2.24, 2.45) is 17.1 Å². The molecule has 5 atom stereocenters. The van der Waals surface area contributed by atoms with Crippen LogP contribution in [0.25, 0.3) is 0 Å². The van der Waals surface area contributed by atoms with Gasteiger partial charge in [-0.1, -0.05) is 62.2 Å². The molecule has 0 aromatic heterocycles. The second-order valence-corrected chi connectivity index (χ2v) is 12.6. The van der Waals surface area contributed by atoms with Gasteiger partial charge < -0.3 is 16.2 Å². The molecule has 0 unspecified atom stereocenters. The summed E-state index contributed by atoms with van der Waals surface area (Å²) in [6.07, 6.45) is 1.80. The van der Waals surface area contributed by atoms with Gasteiger partial charge in [-0.25, -0.2) is 13.6 Å². The van der Waals surface area contributed by atoms with Gasteiger partial charge >= 0.3 is 5.97 Å². The number of carbonyl (C=O) groups is 2. The van der Waals surface area contributed by atoms with E-state index in [-0.39, 0.29) is 32.5 Å². The molecule has 1 saturated carbocycles. The number of carbonyl (C=O) groups excluding carboxylic acids is 1. The zero-order valence-corrected chi connectivity index (χ0v) is 23.3. The zero-order valence-electron chi connectivity index (χ0n) is 21.8. The monoisotopic (exact) mass is 567 g/mol. The summed E-state index contributed by atoms with van der Waals surface area (Å²) in [4.78, 5) is 27.6. The molecule has 1 aliphatic carbocycles. The van der Waals surface area contributed by atoms with Gasteiger partial charge in [-0.05, 0) is 61.4 Å². The van der Waals surface area contributed by atoms with Gasteiger partial charge in [0.25, 0.3) is 0 Å². The molecule has 0 spiro atoms. The van der Waals surface area contributed by atoms with E-state index in [1.165, 1.54) is 24.3 Å². The number of benzene rings is 2. The Labute approximate surface area is 231 Å². The average molecular weight is 568 g/mol. The number of carboxylic acid groups (broad SMARTS) is 1. The maximum absolute atomic E-state index is 15.7. The minimum atomic E-state index is -1.61. The minimum Gasteiger partial charge on any atom is -0.480 e. The topological polar surface area (TPSA) is 95.7 Å². The van der Waals surface area contributed by atoms with Crippen molar-refractivity contribution < 1.29 is 23.5 Å². The molecule has 1 aliphatic heterocycles. The number of amides is 1. The Morgan fingerprint density at radius 3 is 2.42 bits per heavy atom. The molecule has 0 bridgehead atoms. The van der Waals surface area contributed by atoms with Crippen molar-refractivity contribution in [2.45, 2.75) is 69.6 Å². The number of nitrogens with zero attached hydrogens (tertiary/aromatic N) is 1. The molecule has 4 N–H and O–H groups in total. The summed E-state index contributed by atoms with van der Waals surface area (Å²) in [5.41, 5.74) is 5.44. The first kappa shape index (κ1) is 28.7. The van der Waals surface area contributed by atoms with E-state index in [9.17, 15) is 14.7 Å². The van der Waals surface area contributed by atoms with Gasteiger partial charge in [0, 0.05) is 22.5 Å². The van der Waals surface area contributed by atoms with Gasteiger partial charge in [-0.15, -0.1) is 0 Å². The molecular formula is C28H33Cl2F2N3O3. The summed E-state index contributed by atoms with van der Waals surface area (Å²) in [5, 5.41) is 12.4. The van der Waals surface area contributed by atoms with Crippen LogP contribution in [-0.2, 0) is 15.1 Å². The summed E-state index contributed by atoms with van der Waals surface area (Å²) in [7, 11) is 1.69. The van der Waals surface area contributed by atoms with E-state index in [0.717, 1.165) is 6.07 Å². The van der Waals surface area contributed by atoms with E-state index in [0.29, 0.717) is 19.3 Å². The van der Waals surface area contributed by atoms with Crippen molar-refractivity contribution in [3.63, 3.8) is 0 Å². The largest absolute Gasteiger partial charge is 0.480 e. The fourth-order valence-corrected chi connectivity index (χ4v) is 6.23. The second kappa shape index (κ2) is 10.4. The predicted molar refractivity (Wildman–Crippen MR) is 143 cm³/mol. The molecule has 2 aliphatic rings. The molecule has 2 aromatic carbocycles. The van der Waals surface area contributed by atoms with Gasteiger partial charge in [0.05, 0.1) is 16.6 Å². The number of likely N-dealkylation sites (N-methyl/N-ethyl adjacent to an activating group) is 1. The lowest BCUT2D eigenvalue weighted by Gasteiger charge is -2.41. The summed E-state index contributed by atoms with van der Waals surface area (Å²) < 4.78 is 31.3. The van der Waals surface area contributed by atoms with Crippen LogP contribution in [0.1, 0.15) is 57.1 Å². The number of likely N-dealkylation sites (tertiary alicyclic amines) is 1. The van der Waals surface area contributed by atoms with Crippen molar-refractivity contribution in [3.05, 3.63) is 69.2 Å². The number of halogens is 4. The highest BCUT2D eigenvalue weighted by molar-refractivity contribution is 6.31. The summed E-state index contributed by atoms with van der Waals surface area (Å²) in [5.74, 6) is -4.47. The van der Waals surface area contributed by atoms with Gasteiger partial charge in [0.1, 0.15) is 17.7 Å². The van der Waals surface area contributed by atoms with Crippen LogP contribution in [0.2, 0.25) is 10.0 Å². The van der Waals surface area contributed by atoms with Crippen molar-refractivity contribution in [1.82, 2.24) is 10.2 Å². The maximum Gasteiger partial charge on any atom is 0.326 e. The van der Waals surface area contributed by atoms with E-state index in [1.54, 1.807) is 18.0 Å². The van der Waals surface area contributed by atoms with Crippen molar-refractivity contribution >= 4 is 35.1 Å². The highest BCUT2D eigenvalue weighted by Gasteiger charge is 2.61. The standard InChI is InChI=1S/C28H33Cl2F2N3O3/c1-27(2,3)13-20-28(33,17-11-10-15(29)12-19(17)31)21(16-6-5-7-18(30)22(16)32)24(35(20)4)25(36)34-23(26(37)38)14-8-9-14/h5-7,10-12,14,20-21,23-24H,8-9,13,33H2,1-4H3,(H,34,36)(H,37,38)/t20-,21-,23+,24+,28+/m0/s1. The van der Waals surface area contributed by atoms with Crippen molar-refractivity contribution in [3.8, 4) is 0 Å². The van der Waals surface area contributed by atoms with E-state index in [1.807, 2.05) is 20.8 Å². The third-order valence-electron chi connectivity index (χ3n) is 7.76. The molecule has 2 aromatic rings. The Kier molecular flexibility index (Phi) is 7.85. The number of hydrogen-bond donors (Lipinski definition) is 3. The molecule has 4 rings (SSSR count). The molecule has 10 heteroatoms. The van der Waals surface area contributed by atoms with Gasteiger partial charge in [-0.2, -0.15) is 0 Å². The van der Waals surface area contributed by atoms with Gasteiger partial charge in [0.15, 0.2) is 0 Å². The maximum atomic E-state index is 15.7. The number of carboxylic acids is 1. The molecule has 1 amide bonds. The number of nitrogens with two attached hydrogens (primary N) is 1. The molecule has 1 saturated heterocycles. The van der Waals surface area contributed by atoms with Crippen LogP contribution in [0.15, 0.2) is 36.4 Å². The van der Waals surface area contributed by atoms with Gasteiger partial charge in [0.2, 0.25) is 5.91 Å². The van der Waals surface area contributed by atoms with E-state index < -0.39 is 53.1 Å². The Hall–Kier alpha value is -2.26. The highest BCUT2D eigenvalue weighted by Crippen LogP contribution is 2.53. The first-order chi connectivity index (χ1) is 17.7. The van der Waals surface area contributed by atoms with Crippen LogP contribution in [-0.4, -0.2) is 47.1 Å². The zero-order chi connectivity index (χ0) is 28.2. The quantitative estimate of drug-likeness (QED) is 0.421. The Balaban J connectivity index is 1.95. The van der Waals surface area contributed by atoms with Crippen LogP contribution in [0.5, 0.6) is 0 Å². The van der Waals surface area contributed by atoms with Crippen LogP contribution >= 0.6 is 23.2 Å². The Bertz CT molecular complexity index is 1250. The number of rotatable bonds is 7. The first-order valence-electron chi connectivity index (χ1n) is 12.6. The minimum absolute atomic E-state index is 0.0519. The second-order valence-electron chi connectivity index (χ2n) is 11.7. The van der Waals surface area contributed by atoms with Crippen molar-refractivity contribution in [1.29, 1.82) is 0 Å². The summed E-state index contributed by atoms with van der Waals surface area (Å²) >= 11 is 12.2. The highest BCUT2D eigenvalue weighted by atomic mass is 35.5. The molecule has 1 heterocycles. The smallest absolute Gasteiger partial charge is 0.326 e. The molecule has 38 heavy (non-hydrogen) atoms. The lowest BCUT2D eigenvalue weighted by atomic mass is 9.68. The third-order valence-corrected chi connectivity index (χ3v) is 8.28. The van der Waals surface area contributed by atoms with Crippen LogP contribution < -0.4 is 11.1 Å². The fraction of sp³-hybridized carbons (Fsp3) is 0.500. The lowest BCUT2D eigenvalue weighted by Crippen LogP contribution is -2.52. The molecule has 0 radical (unpaired) electrons. The fourth-order valence-electron chi connectivity index (χ4n) is 5.89. The molecular weight excluding hydrogens is 535 g/mol. The molecule has 6 nitrogen and oxygen atoms in total. The molecule has 2 fully saturated rings. The van der Waals surface area contributed by atoms with Crippen LogP contribution in [0, 0.1) is 23.0 Å². The SMILES string of the molecule is CN1[C@@H](CC(C)(C)C)[C@](N)(c2ccc(Cl)cc2F)[C@@H](c2cccc(Cl)c2F)[C@@H]1C(=O)N[C@@H](C(=O)O)C1CC1. The lowest BCUT2D eigenvalue weighted by molar-refractivity contribution is -0.143. The van der Waals surface area contributed by atoms with Gasteiger partial charge in [-0.3, -0.25) is 9.69 Å². The molecule has 206 valence electrons. The van der Waals surface area contributed by atoms with E-state index in [2.05, 4.69) is 5.32 Å². The average Bonchev–Trinajstić information content (AvgIpc) is 3.62. The summed E-state index contributed by atoms with van der Waals surface area (Å²) in [6, 6.07) is 5.72. The number of nitrogens with one attached hydrogen (secondary N) is 1. The third kappa shape index (κ3) is 5.28. The van der Waals surface area contributed by atoms with Crippen LogP contribution in [0.3, 0.4) is 0 Å². The number of hydrogen-bond acceptors (Lipinski definition) is 4. The number of aliphatic carboxylic acids is 1. The first-order valence-corrected chi connectivity index (χ1v) is 13.4.